The van der Waals surface area contributed by atoms with E-state index in [9.17, 15) is 4.39 Å². The van der Waals surface area contributed by atoms with Gasteiger partial charge in [-0.2, -0.15) is 5.10 Å². The molecule has 2 aromatic rings. The number of hydrogen-bond donors (Lipinski definition) is 1. The molecule has 19 heavy (non-hydrogen) atoms. The maximum absolute atomic E-state index is 14.2. The Hall–Kier alpha value is -1.84. The van der Waals surface area contributed by atoms with Gasteiger partial charge in [-0.1, -0.05) is 13.0 Å². The first-order valence-corrected chi connectivity index (χ1v) is 6.78. The Morgan fingerprint density at radius 1 is 1.26 bits per heavy atom. The molecule has 1 fully saturated rings. The SMILES string of the molecule is CC1CCN(c2ccc(-c3ccn[nH]3)cc2F)CC1. The van der Waals surface area contributed by atoms with Crippen molar-refractivity contribution in [2.24, 2.45) is 5.92 Å². The summed E-state index contributed by atoms with van der Waals surface area (Å²) in [4.78, 5) is 2.14. The summed E-state index contributed by atoms with van der Waals surface area (Å²) in [5.41, 5.74) is 2.40. The van der Waals surface area contributed by atoms with Crippen LogP contribution in [0.2, 0.25) is 0 Å². The lowest BCUT2D eigenvalue weighted by Gasteiger charge is -2.32. The number of halogens is 1. The van der Waals surface area contributed by atoms with Crippen LogP contribution in [-0.4, -0.2) is 23.3 Å². The van der Waals surface area contributed by atoms with Gasteiger partial charge in [0.15, 0.2) is 0 Å². The topological polar surface area (TPSA) is 31.9 Å². The van der Waals surface area contributed by atoms with Gasteiger partial charge < -0.3 is 4.90 Å². The molecule has 0 saturated carbocycles. The molecule has 0 bridgehead atoms. The van der Waals surface area contributed by atoms with Crippen molar-refractivity contribution in [3.63, 3.8) is 0 Å². The van der Waals surface area contributed by atoms with Crippen molar-refractivity contribution in [1.29, 1.82) is 0 Å². The quantitative estimate of drug-likeness (QED) is 0.895. The molecule has 0 aliphatic carbocycles. The van der Waals surface area contributed by atoms with Crippen LogP contribution in [0.25, 0.3) is 11.3 Å². The number of aromatic amines is 1. The van der Waals surface area contributed by atoms with Crippen LogP contribution in [0.5, 0.6) is 0 Å². The number of nitrogens with one attached hydrogen (secondary N) is 1. The van der Waals surface area contributed by atoms with Crippen LogP contribution in [0, 0.1) is 11.7 Å². The van der Waals surface area contributed by atoms with Gasteiger partial charge in [-0.3, -0.25) is 5.10 Å². The van der Waals surface area contributed by atoms with Crippen molar-refractivity contribution >= 4 is 5.69 Å². The van der Waals surface area contributed by atoms with E-state index in [1.54, 1.807) is 12.3 Å². The van der Waals surface area contributed by atoms with Gasteiger partial charge in [-0.25, -0.2) is 4.39 Å². The van der Waals surface area contributed by atoms with Crippen molar-refractivity contribution in [2.75, 3.05) is 18.0 Å². The maximum atomic E-state index is 14.2. The van der Waals surface area contributed by atoms with Crippen molar-refractivity contribution in [3.05, 3.63) is 36.3 Å². The zero-order valence-corrected chi connectivity index (χ0v) is 11.1. The van der Waals surface area contributed by atoms with Crippen molar-refractivity contribution in [3.8, 4) is 11.3 Å². The number of aromatic nitrogens is 2. The molecule has 2 heterocycles. The fourth-order valence-corrected chi connectivity index (χ4v) is 2.60. The summed E-state index contributed by atoms with van der Waals surface area (Å²) in [7, 11) is 0. The predicted octanol–water partition coefficient (Wildman–Crippen LogP) is 3.45. The molecule has 1 aliphatic rings. The van der Waals surface area contributed by atoms with Gasteiger partial charge in [0.2, 0.25) is 0 Å². The van der Waals surface area contributed by atoms with Crippen LogP contribution in [0.3, 0.4) is 0 Å². The number of H-pyrrole nitrogens is 1. The van der Waals surface area contributed by atoms with Crippen molar-refractivity contribution in [2.45, 2.75) is 19.8 Å². The summed E-state index contributed by atoms with van der Waals surface area (Å²) in [6, 6.07) is 7.25. The average Bonchev–Trinajstić information content (AvgIpc) is 2.94. The molecule has 1 aromatic heterocycles. The summed E-state index contributed by atoms with van der Waals surface area (Å²) >= 11 is 0. The minimum absolute atomic E-state index is 0.151. The first-order valence-electron chi connectivity index (χ1n) is 6.78. The maximum Gasteiger partial charge on any atom is 0.147 e. The van der Waals surface area contributed by atoms with Gasteiger partial charge in [-0.05, 0) is 37.0 Å². The molecule has 3 rings (SSSR count). The van der Waals surface area contributed by atoms with E-state index in [0.29, 0.717) is 0 Å². The fraction of sp³-hybridized carbons (Fsp3) is 0.400. The highest BCUT2D eigenvalue weighted by molar-refractivity contribution is 5.63. The second kappa shape index (κ2) is 5.03. The highest BCUT2D eigenvalue weighted by Crippen LogP contribution is 2.28. The van der Waals surface area contributed by atoms with E-state index in [4.69, 9.17) is 0 Å². The lowest BCUT2D eigenvalue weighted by molar-refractivity contribution is 0.434. The first-order chi connectivity index (χ1) is 9.24. The third kappa shape index (κ3) is 2.48. The number of hydrogen-bond acceptors (Lipinski definition) is 2. The summed E-state index contributed by atoms with van der Waals surface area (Å²) in [5, 5.41) is 6.75. The molecule has 0 atom stereocenters. The van der Waals surface area contributed by atoms with E-state index in [2.05, 4.69) is 22.0 Å². The highest BCUT2D eigenvalue weighted by atomic mass is 19.1. The lowest BCUT2D eigenvalue weighted by Crippen LogP contribution is -2.33. The molecule has 0 radical (unpaired) electrons. The number of benzene rings is 1. The summed E-state index contributed by atoms with van der Waals surface area (Å²) in [6.07, 6.45) is 3.96. The third-order valence-corrected chi connectivity index (χ3v) is 3.88. The van der Waals surface area contributed by atoms with Crippen LogP contribution in [0.4, 0.5) is 10.1 Å². The molecule has 0 amide bonds. The highest BCUT2D eigenvalue weighted by Gasteiger charge is 2.18. The molecule has 3 nitrogen and oxygen atoms in total. The summed E-state index contributed by atoms with van der Waals surface area (Å²) < 4.78 is 14.2. The lowest BCUT2D eigenvalue weighted by atomic mass is 9.98. The molecule has 0 spiro atoms. The standard InChI is InChI=1S/C15H18FN3/c1-11-5-8-19(9-6-11)15-3-2-12(10-13(15)16)14-4-7-17-18-14/h2-4,7,10-11H,5-6,8-9H2,1H3,(H,17,18). The van der Waals surface area contributed by atoms with Crippen molar-refractivity contribution < 1.29 is 4.39 Å². The zero-order valence-electron chi connectivity index (χ0n) is 11.1. The molecule has 0 unspecified atom stereocenters. The molecular weight excluding hydrogens is 241 g/mol. The molecule has 4 heteroatoms. The normalized spacial score (nSPS) is 16.8. The van der Waals surface area contributed by atoms with Gasteiger partial charge in [-0.15, -0.1) is 0 Å². The minimum Gasteiger partial charge on any atom is -0.369 e. The molecule has 1 aliphatic heterocycles. The number of rotatable bonds is 2. The summed E-state index contributed by atoms with van der Waals surface area (Å²) in [5.74, 6) is 0.602. The van der Waals surface area contributed by atoms with Gasteiger partial charge >= 0.3 is 0 Å². The Morgan fingerprint density at radius 2 is 2.05 bits per heavy atom. The molecule has 1 saturated heterocycles. The Morgan fingerprint density at radius 3 is 2.68 bits per heavy atom. The second-order valence-electron chi connectivity index (χ2n) is 5.31. The monoisotopic (exact) mass is 259 g/mol. The smallest absolute Gasteiger partial charge is 0.147 e. The van der Waals surface area contributed by atoms with E-state index in [1.807, 2.05) is 18.2 Å². The first kappa shape index (κ1) is 12.2. The van der Waals surface area contributed by atoms with E-state index in [0.717, 1.165) is 48.8 Å². The predicted molar refractivity (Wildman–Crippen MR) is 74.6 cm³/mol. The number of anilines is 1. The van der Waals surface area contributed by atoms with Gasteiger partial charge in [0.1, 0.15) is 5.82 Å². The second-order valence-corrected chi connectivity index (χ2v) is 5.31. The van der Waals surface area contributed by atoms with Gasteiger partial charge in [0, 0.05) is 24.8 Å². The molecular formula is C15H18FN3. The van der Waals surface area contributed by atoms with Gasteiger partial charge in [0.05, 0.1) is 11.4 Å². The molecule has 100 valence electrons. The Labute approximate surface area is 112 Å². The fourth-order valence-electron chi connectivity index (χ4n) is 2.60. The van der Waals surface area contributed by atoms with Crippen LogP contribution in [-0.2, 0) is 0 Å². The van der Waals surface area contributed by atoms with Crippen LogP contribution < -0.4 is 4.90 Å². The zero-order chi connectivity index (χ0) is 13.2. The van der Waals surface area contributed by atoms with E-state index in [1.165, 1.54) is 0 Å². The molecule has 1 aromatic carbocycles. The Kier molecular flexibility index (Phi) is 3.23. The largest absolute Gasteiger partial charge is 0.369 e. The average molecular weight is 259 g/mol. The van der Waals surface area contributed by atoms with Crippen LogP contribution in [0.1, 0.15) is 19.8 Å². The summed E-state index contributed by atoms with van der Waals surface area (Å²) in [6.45, 7) is 4.15. The van der Waals surface area contributed by atoms with E-state index >= 15 is 0 Å². The van der Waals surface area contributed by atoms with Crippen molar-refractivity contribution in [1.82, 2.24) is 10.2 Å². The van der Waals surface area contributed by atoms with E-state index < -0.39 is 0 Å². The van der Waals surface area contributed by atoms with Gasteiger partial charge in [0.25, 0.3) is 0 Å². The Balaban J connectivity index is 1.84. The molecule has 1 N–H and O–H groups in total. The Bertz CT molecular complexity index is 543. The number of piperidine rings is 1. The minimum atomic E-state index is -0.151. The van der Waals surface area contributed by atoms with Crippen LogP contribution >= 0.6 is 0 Å². The third-order valence-electron chi connectivity index (χ3n) is 3.88. The van der Waals surface area contributed by atoms with Crippen LogP contribution in [0.15, 0.2) is 30.5 Å². The number of nitrogens with zero attached hydrogens (tertiary/aromatic N) is 2. The van der Waals surface area contributed by atoms with E-state index in [-0.39, 0.29) is 5.82 Å².